The van der Waals surface area contributed by atoms with Crippen LogP contribution < -0.4 is 9.47 Å². The summed E-state index contributed by atoms with van der Waals surface area (Å²) < 4.78 is 10.6. The van der Waals surface area contributed by atoms with Gasteiger partial charge in [0, 0.05) is 0 Å². The van der Waals surface area contributed by atoms with Crippen LogP contribution in [0.2, 0.25) is 0 Å². The predicted octanol–water partition coefficient (Wildman–Crippen LogP) is 1.75. The lowest BCUT2D eigenvalue weighted by Gasteiger charge is -2.13. The van der Waals surface area contributed by atoms with Gasteiger partial charge < -0.3 is 14.6 Å². The quantitative estimate of drug-likeness (QED) is 0.615. The minimum absolute atomic E-state index is 0.0301. The van der Waals surface area contributed by atoms with Crippen LogP contribution in [-0.4, -0.2) is 30.6 Å². The van der Waals surface area contributed by atoms with E-state index in [1.165, 1.54) is 13.2 Å². The molecule has 0 aromatic heterocycles. The highest BCUT2D eigenvalue weighted by Gasteiger charge is 2.26. The minimum Gasteiger partial charge on any atom is -0.493 e. The Bertz CT molecular complexity index is 476. The number of carbonyl (C=O) groups excluding carboxylic acids is 1. The second kappa shape index (κ2) is 5.08. The maximum absolute atomic E-state index is 11.6. The lowest BCUT2D eigenvalue weighted by atomic mass is 10.1. The maximum atomic E-state index is 11.6. The summed E-state index contributed by atoms with van der Waals surface area (Å²) in [6.45, 7) is 0.486. The maximum Gasteiger partial charge on any atom is 0.377 e. The zero-order chi connectivity index (χ0) is 13.1. The molecule has 0 atom stereocenters. The van der Waals surface area contributed by atoms with Crippen molar-refractivity contribution < 1.29 is 24.2 Å². The first-order chi connectivity index (χ1) is 8.63. The molecule has 96 valence electrons. The molecule has 0 amide bonds. The van der Waals surface area contributed by atoms with E-state index in [2.05, 4.69) is 0 Å². The summed E-state index contributed by atoms with van der Waals surface area (Å²) in [5.74, 6) is -1.39. The molecule has 0 spiro atoms. The van der Waals surface area contributed by atoms with Gasteiger partial charge in [-0.25, -0.2) is 4.79 Å². The van der Waals surface area contributed by atoms with Crippen molar-refractivity contribution in [3.8, 4) is 11.5 Å². The number of carboxylic acids is 1. The predicted molar refractivity (Wildman–Crippen MR) is 63.2 cm³/mol. The summed E-state index contributed by atoms with van der Waals surface area (Å²) in [5.41, 5.74) is 0.0301. The molecule has 0 heterocycles. The molecule has 2 rings (SSSR count). The van der Waals surface area contributed by atoms with Crippen molar-refractivity contribution in [1.29, 1.82) is 0 Å². The minimum atomic E-state index is -1.50. The Morgan fingerprint density at radius 1 is 1.39 bits per heavy atom. The van der Waals surface area contributed by atoms with E-state index in [4.69, 9.17) is 14.6 Å². The van der Waals surface area contributed by atoms with Gasteiger partial charge in [-0.05, 0) is 30.9 Å². The monoisotopic (exact) mass is 250 g/mol. The molecule has 5 heteroatoms. The third kappa shape index (κ3) is 2.61. The first-order valence-electron chi connectivity index (χ1n) is 5.71. The van der Waals surface area contributed by atoms with Crippen molar-refractivity contribution in [2.24, 2.45) is 5.92 Å². The number of Topliss-reactive ketones (excluding diaryl/α,β-unsaturated/α-hetero) is 1. The SMILES string of the molecule is COc1cccc(C(=O)C(=O)O)c1OCC1CC1. The van der Waals surface area contributed by atoms with Crippen molar-refractivity contribution in [3.63, 3.8) is 0 Å². The summed E-state index contributed by atoms with van der Waals surface area (Å²) in [4.78, 5) is 22.3. The Labute approximate surface area is 104 Å². The topological polar surface area (TPSA) is 72.8 Å². The summed E-state index contributed by atoms with van der Waals surface area (Å²) >= 11 is 0. The van der Waals surface area contributed by atoms with E-state index in [9.17, 15) is 9.59 Å². The number of carbonyl (C=O) groups is 2. The fourth-order valence-electron chi connectivity index (χ4n) is 1.61. The molecule has 0 radical (unpaired) electrons. The van der Waals surface area contributed by atoms with Gasteiger partial charge in [0.1, 0.15) is 0 Å². The number of aliphatic carboxylic acids is 1. The van der Waals surface area contributed by atoms with Crippen LogP contribution in [0.1, 0.15) is 23.2 Å². The molecule has 1 fully saturated rings. The van der Waals surface area contributed by atoms with Crippen LogP contribution in [0.25, 0.3) is 0 Å². The Kier molecular flexibility index (Phi) is 3.50. The fourth-order valence-corrected chi connectivity index (χ4v) is 1.61. The lowest BCUT2D eigenvalue weighted by Crippen LogP contribution is -2.15. The van der Waals surface area contributed by atoms with E-state index in [0.29, 0.717) is 18.3 Å². The lowest BCUT2D eigenvalue weighted by molar-refractivity contribution is -0.131. The van der Waals surface area contributed by atoms with Crippen LogP contribution >= 0.6 is 0 Å². The number of methoxy groups -OCH3 is 1. The average molecular weight is 250 g/mol. The smallest absolute Gasteiger partial charge is 0.377 e. The van der Waals surface area contributed by atoms with Gasteiger partial charge in [-0.3, -0.25) is 4.79 Å². The fraction of sp³-hybridized carbons (Fsp3) is 0.385. The highest BCUT2D eigenvalue weighted by molar-refractivity contribution is 6.40. The van der Waals surface area contributed by atoms with Crippen LogP contribution in [0.4, 0.5) is 0 Å². The molecule has 0 bridgehead atoms. The van der Waals surface area contributed by atoms with Crippen molar-refractivity contribution in [2.45, 2.75) is 12.8 Å². The van der Waals surface area contributed by atoms with Gasteiger partial charge in [0.2, 0.25) is 0 Å². The van der Waals surface area contributed by atoms with Crippen LogP contribution in [-0.2, 0) is 4.79 Å². The molecule has 1 aromatic carbocycles. The number of benzene rings is 1. The number of ether oxygens (including phenoxy) is 2. The van der Waals surface area contributed by atoms with Gasteiger partial charge in [0.05, 0.1) is 19.3 Å². The van der Waals surface area contributed by atoms with Crippen LogP contribution in [0.5, 0.6) is 11.5 Å². The Balaban J connectivity index is 2.30. The highest BCUT2D eigenvalue weighted by Crippen LogP contribution is 2.35. The van der Waals surface area contributed by atoms with E-state index in [-0.39, 0.29) is 11.3 Å². The van der Waals surface area contributed by atoms with Crippen LogP contribution in [0.3, 0.4) is 0 Å². The molecular weight excluding hydrogens is 236 g/mol. The zero-order valence-corrected chi connectivity index (χ0v) is 10.0. The second-order valence-electron chi connectivity index (χ2n) is 4.23. The number of rotatable bonds is 6. The van der Waals surface area contributed by atoms with E-state index >= 15 is 0 Å². The second-order valence-corrected chi connectivity index (χ2v) is 4.23. The third-order valence-electron chi connectivity index (χ3n) is 2.80. The molecule has 18 heavy (non-hydrogen) atoms. The van der Waals surface area contributed by atoms with E-state index in [1.807, 2.05) is 0 Å². The van der Waals surface area contributed by atoms with Gasteiger partial charge in [-0.2, -0.15) is 0 Å². The molecule has 5 nitrogen and oxygen atoms in total. The van der Waals surface area contributed by atoms with E-state index in [0.717, 1.165) is 12.8 Å². The molecular formula is C13H14O5. The summed E-state index contributed by atoms with van der Waals surface area (Å²) in [7, 11) is 1.45. The third-order valence-corrected chi connectivity index (χ3v) is 2.80. The average Bonchev–Trinajstić information content (AvgIpc) is 3.18. The standard InChI is InChI=1S/C13H14O5/c1-17-10-4-2-3-9(11(14)13(15)16)12(10)18-7-8-5-6-8/h2-4,8H,5-7H2,1H3,(H,15,16). The summed E-state index contributed by atoms with van der Waals surface area (Å²) in [6.07, 6.45) is 2.22. The largest absolute Gasteiger partial charge is 0.493 e. The number of hydrogen-bond acceptors (Lipinski definition) is 4. The van der Waals surface area contributed by atoms with Crippen molar-refractivity contribution in [1.82, 2.24) is 0 Å². The molecule has 1 aliphatic rings. The molecule has 1 aromatic rings. The van der Waals surface area contributed by atoms with E-state index < -0.39 is 11.8 Å². The van der Waals surface area contributed by atoms with Gasteiger partial charge >= 0.3 is 5.97 Å². The van der Waals surface area contributed by atoms with Crippen molar-refractivity contribution in [2.75, 3.05) is 13.7 Å². The Morgan fingerprint density at radius 2 is 2.11 bits per heavy atom. The number of ketones is 1. The molecule has 1 N–H and O–H groups in total. The molecule has 0 saturated heterocycles. The van der Waals surface area contributed by atoms with Gasteiger partial charge in [0.15, 0.2) is 11.5 Å². The normalized spacial score (nSPS) is 14.1. The number of hydrogen-bond donors (Lipinski definition) is 1. The molecule has 1 saturated carbocycles. The van der Waals surface area contributed by atoms with Crippen molar-refractivity contribution >= 4 is 11.8 Å². The highest BCUT2D eigenvalue weighted by atomic mass is 16.5. The van der Waals surface area contributed by atoms with Gasteiger partial charge in [-0.1, -0.05) is 6.07 Å². The zero-order valence-electron chi connectivity index (χ0n) is 10.0. The van der Waals surface area contributed by atoms with Crippen LogP contribution in [0.15, 0.2) is 18.2 Å². The number of carboxylic acid groups (broad SMARTS) is 1. The van der Waals surface area contributed by atoms with E-state index in [1.54, 1.807) is 12.1 Å². The Morgan fingerprint density at radius 3 is 2.67 bits per heavy atom. The van der Waals surface area contributed by atoms with Crippen LogP contribution in [0, 0.1) is 5.92 Å². The van der Waals surface area contributed by atoms with Crippen molar-refractivity contribution in [3.05, 3.63) is 23.8 Å². The first-order valence-corrected chi connectivity index (χ1v) is 5.71. The first kappa shape index (κ1) is 12.4. The molecule has 0 unspecified atom stereocenters. The molecule has 1 aliphatic carbocycles. The summed E-state index contributed by atoms with van der Waals surface area (Å²) in [5, 5.41) is 8.77. The van der Waals surface area contributed by atoms with Gasteiger partial charge in [-0.15, -0.1) is 0 Å². The summed E-state index contributed by atoms with van der Waals surface area (Å²) in [6, 6.07) is 4.64. The Hall–Kier alpha value is -2.04. The number of para-hydroxylation sites is 1. The molecule has 0 aliphatic heterocycles. The van der Waals surface area contributed by atoms with Gasteiger partial charge in [0.25, 0.3) is 5.78 Å².